The summed E-state index contributed by atoms with van der Waals surface area (Å²) < 4.78 is 11.0. The fraction of sp³-hybridized carbons (Fsp3) is 0.389. The zero-order valence-electron chi connectivity index (χ0n) is 14.3. The summed E-state index contributed by atoms with van der Waals surface area (Å²) in [4.78, 5) is 16.2. The number of furan rings is 1. The van der Waals surface area contributed by atoms with Crippen LogP contribution in [-0.4, -0.2) is 22.6 Å². The summed E-state index contributed by atoms with van der Waals surface area (Å²) >= 11 is 0. The van der Waals surface area contributed by atoms with Gasteiger partial charge in [0.1, 0.15) is 5.58 Å². The van der Waals surface area contributed by atoms with E-state index in [0.717, 1.165) is 28.5 Å². The molecule has 0 unspecified atom stereocenters. The Labute approximate surface area is 140 Å². The highest BCUT2D eigenvalue weighted by Gasteiger charge is 2.21. The van der Waals surface area contributed by atoms with Crippen molar-refractivity contribution in [1.82, 2.24) is 15.5 Å². The third kappa shape index (κ3) is 3.04. The van der Waals surface area contributed by atoms with Crippen LogP contribution in [0.2, 0.25) is 0 Å². The number of para-hydroxylation sites is 1. The third-order valence-electron chi connectivity index (χ3n) is 3.99. The van der Waals surface area contributed by atoms with E-state index in [1.165, 1.54) is 0 Å². The number of amides is 1. The first-order chi connectivity index (χ1) is 11.5. The largest absolute Gasteiger partial charge is 0.452 e. The molecule has 0 fully saturated rings. The Morgan fingerprint density at radius 3 is 2.79 bits per heavy atom. The Hall–Kier alpha value is -2.63. The summed E-state index contributed by atoms with van der Waals surface area (Å²) in [6, 6.07) is 5.96. The minimum atomic E-state index is -0.362. The average molecular weight is 327 g/mol. The van der Waals surface area contributed by atoms with Crippen LogP contribution in [0.5, 0.6) is 0 Å². The highest BCUT2D eigenvalue weighted by atomic mass is 16.5. The lowest BCUT2D eigenvalue weighted by atomic mass is 10.1. The maximum atomic E-state index is 12.0. The first kappa shape index (κ1) is 16.2. The number of rotatable bonds is 5. The molecular formula is C18H21N3O3. The first-order valence-corrected chi connectivity index (χ1v) is 8.08. The number of benzene rings is 1. The van der Waals surface area contributed by atoms with Crippen molar-refractivity contribution in [3.05, 3.63) is 35.2 Å². The van der Waals surface area contributed by atoms with Gasteiger partial charge >= 0.3 is 11.8 Å². The topological polar surface area (TPSA) is 81.2 Å². The molecule has 1 amide bonds. The van der Waals surface area contributed by atoms with Crippen LogP contribution in [0.3, 0.4) is 0 Å². The summed E-state index contributed by atoms with van der Waals surface area (Å²) in [5.74, 6) is 0.927. The van der Waals surface area contributed by atoms with Gasteiger partial charge in [-0.1, -0.05) is 37.2 Å². The fourth-order valence-corrected chi connectivity index (χ4v) is 2.56. The number of carbonyl (C=O) groups is 1. The molecular weight excluding hydrogens is 306 g/mol. The lowest BCUT2D eigenvalue weighted by molar-refractivity contribution is 0.0908. The average Bonchev–Trinajstić information content (AvgIpc) is 3.13. The van der Waals surface area contributed by atoms with Gasteiger partial charge in [-0.15, -0.1) is 0 Å². The Balaban J connectivity index is 1.84. The number of carbonyl (C=O) groups excluding carboxylic acids is 1. The monoisotopic (exact) mass is 327 g/mol. The van der Waals surface area contributed by atoms with E-state index in [1.807, 2.05) is 32.0 Å². The standard InChI is InChI=1S/C18H21N3O3/c1-10(2)8-9-19-17(22)18-20-16(21-24-18)15-12(4)13-7-5-6-11(3)14(13)23-15/h5-7,10H,8-9H2,1-4H3,(H,19,22). The number of hydrogen-bond donors (Lipinski definition) is 1. The summed E-state index contributed by atoms with van der Waals surface area (Å²) in [5, 5.41) is 7.69. The van der Waals surface area contributed by atoms with Gasteiger partial charge in [-0.2, -0.15) is 4.98 Å². The Morgan fingerprint density at radius 2 is 2.08 bits per heavy atom. The van der Waals surface area contributed by atoms with E-state index in [1.54, 1.807) is 0 Å². The number of nitrogens with zero attached hydrogens (tertiary/aromatic N) is 2. The zero-order valence-corrected chi connectivity index (χ0v) is 14.3. The second-order valence-electron chi connectivity index (χ2n) is 6.37. The van der Waals surface area contributed by atoms with E-state index < -0.39 is 0 Å². The highest BCUT2D eigenvalue weighted by molar-refractivity contribution is 5.91. The minimum absolute atomic E-state index is 0.0506. The van der Waals surface area contributed by atoms with Gasteiger partial charge in [-0.25, -0.2) is 0 Å². The molecule has 0 aliphatic carbocycles. The maximum Gasteiger partial charge on any atom is 0.316 e. The molecule has 0 atom stereocenters. The molecule has 3 rings (SSSR count). The zero-order chi connectivity index (χ0) is 17.3. The smallest absolute Gasteiger partial charge is 0.316 e. The van der Waals surface area contributed by atoms with Crippen LogP contribution in [0.4, 0.5) is 0 Å². The lowest BCUT2D eigenvalue weighted by Gasteiger charge is -2.04. The maximum absolute atomic E-state index is 12.0. The third-order valence-corrected chi connectivity index (χ3v) is 3.99. The van der Waals surface area contributed by atoms with Crippen molar-refractivity contribution in [3.8, 4) is 11.6 Å². The number of fused-ring (bicyclic) bond motifs is 1. The molecule has 6 heteroatoms. The molecule has 0 radical (unpaired) electrons. The summed E-state index contributed by atoms with van der Waals surface area (Å²) in [7, 11) is 0. The highest BCUT2D eigenvalue weighted by Crippen LogP contribution is 2.32. The van der Waals surface area contributed by atoms with Crippen molar-refractivity contribution < 1.29 is 13.7 Å². The van der Waals surface area contributed by atoms with Crippen LogP contribution in [-0.2, 0) is 0 Å². The molecule has 2 heterocycles. The normalized spacial score (nSPS) is 11.4. The Morgan fingerprint density at radius 1 is 1.29 bits per heavy atom. The predicted molar refractivity (Wildman–Crippen MR) is 90.8 cm³/mol. The van der Waals surface area contributed by atoms with Gasteiger partial charge in [0.2, 0.25) is 5.82 Å². The quantitative estimate of drug-likeness (QED) is 0.769. The lowest BCUT2D eigenvalue weighted by Crippen LogP contribution is -2.25. The second-order valence-corrected chi connectivity index (χ2v) is 6.37. The molecule has 6 nitrogen and oxygen atoms in total. The van der Waals surface area contributed by atoms with E-state index in [2.05, 4.69) is 29.3 Å². The number of nitrogens with one attached hydrogen (secondary N) is 1. The molecule has 2 aromatic heterocycles. The molecule has 0 saturated heterocycles. The van der Waals surface area contributed by atoms with Gasteiger partial charge in [-0.3, -0.25) is 4.79 Å². The fourth-order valence-electron chi connectivity index (χ4n) is 2.56. The molecule has 3 aromatic rings. The molecule has 0 spiro atoms. The van der Waals surface area contributed by atoms with Gasteiger partial charge in [0.25, 0.3) is 0 Å². The van der Waals surface area contributed by atoms with Crippen molar-refractivity contribution in [2.75, 3.05) is 6.54 Å². The van der Waals surface area contributed by atoms with Gasteiger partial charge < -0.3 is 14.3 Å². The van der Waals surface area contributed by atoms with Crippen LogP contribution >= 0.6 is 0 Å². The van der Waals surface area contributed by atoms with E-state index in [-0.39, 0.29) is 17.6 Å². The SMILES string of the molecule is Cc1c(-c2noc(C(=O)NCCC(C)C)n2)oc2c(C)cccc12. The number of aryl methyl sites for hydroxylation is 2. The van der Waals surface area contributed by atoms with Crippen molar-refractivity contribution in [3.63, 3.8) is 0 Å². The molecule has 1 N–H and O–H groups in total. The van der Waals surface area contributed by atoms with E-state index in [4.69, 9.17) is 8.94 Å². The number of aromatic nitrogens is 2. The van der Waals surface area contributed by atoms with Gasteiger partial charge in [0, 0.05) is 17.5 Å². The molecule has 0 saturated carbocycles. The first-order valence-electron chi connectivity index (χ1n) is 8.08. The van der Waals surface area contributed by atoms with E-state index in [0.29, 0.717) is 18.2 Å². The van der Waals surface area contributed by atoms with Crippen LogP contribution in [0.15, 0.2) is 27.1 Å². The summed E-state index contributed by atoms with van der Waals surface area (Å²) in [6.45, 7) is 8.71. The summed E-state index contributed by atoms with van der Waals surface area (Å²) in [5.41, 5.74) is 2.77. The number of hydrogen-bond acceptors (Lipinski definition) is 5. The van der Waals surface area contributed by atoms with Crippen molar-refractivity contribution >= 4 is 16.9 Å². The molecule has 0 aliphatic rings. The van der Waals surface area contributed by atoms with E-state index >= 15 is 0 Å². The second kappa shape index (κ2) is 6.47. The van der Waals surface area contributed by atoms with Gasteiger partial charge in [-0.05, 0) is 31.7 Å². The van der Waals surface area contributed by atoms with Gasteiger partial charge in [0.15, 0.2) is 5.76 Å². The Kier molecular flexibility index (Phi) is 4.38. The van der Waals surface area contributed by atoms with Crippen molar-refractivity contribution in [2.24, 2.45) is 5.92 Å². The van der Waals surface area contributed by atoms with Crippen LogP contribution < -0.4 is 5.32 Å². The molecule has 24 heavy (non-hydrogen) atoms. The van der Waals surface area contributed by atoms with Crippen LogP contribution in [0.25, 0.3) is 22.6 Å². The van der Waals surface area contributed by atoms with Crippen LogP contribution in [0, 0.1) is 19.8 Å². The Bertz CT molecular complexity index is 877. The van der Waals surface area contributed by atoms with E-state index in [9.17, 15) is 4.79 Å². The molecule has 0 bridgehead atoms. The van der Waals surface area contributed by atoms with Crippen molar-refractivity contribution in [2.45, 2.75) is 34.1 Å². The molecule has 126 valence electrons. The van der Waals surface area contributed by atoms with Crippen molar-refractivity contribution in [1.29, 1.82) is 0 Å². The molecule has 1 aromatic carbocycles. The predicted octanol–water partition coefficient (Wildman–Crippen LogP) is 3.88. The van der Waals surface area contributed by atoms with Crippen LogP contribution in [0.1, 0.15) is 42.1 Å². The molecule has 0 aliphatic heterocycles. The minimum Gasteiger partial charge on any atom is -0.452 e. The van der Waals surface area contributed by atoms with Gasteiger partial charge in [0.05, 0.1) is 0 Å². The summed E-state index contributed by atoms with van der Waals surface area (Å²) in [6.07, 6.45) is 0.898.